The molecular weight excluding hydrogens is 294 g/mol. The monoisotopic (exact) mass is 323 g/mol. The lowest BCUT2D eigenvalue weighted by molar-refractivity contribution is 0.826. The molecule has 1 aromatic heterocycles. The Hall–Kier alpha value is -2.29. The minimum Gasteiger partial charge on any atom is -0.341 e. The number of hydrogen-bond donors (Lipinski definition) is 1. The fourth-order valence-corrected chi connectivity index (χ4v) is 2.93. The van der Waals surface area contributed by atoms with E-state index >= 15 is 0 Å². The minimum atomic E-state index is 0.979. The number of hydrazone groups is 1. The van der Waals surface area contributed by atoms with Gasteiger partial charge in [-0.05, 0) is 61.7 Å². The Balaban J connectivity index is 0.000000647. The Kier molecular flexibility index (Phi) is 6.02. The number of hydrogen-bond acceptors (Lipinski definition) is 2. The number of aryl methyl sites for hydroxylation is 3. The van der Waals surface area contributed by atoms with Crippen LogP contribution in [0.15, 0.2) is 35.4 Å². The van der Waals surface area contributed by atoms with Crippen LogP contribution in [0.4, 0.5) is 0 Å². The van der Waals surface area contributed by atoms with E-state index in [0.29, 0.717) is 0 Å². The van der Waals surface area contributed by atoms with E-state index in [1.54, 1.807) is 0 Å². The molecule has 3 aromatic rings. The molecule has 0 atom stereocenters. The predicted molar refractivity (Wildman–Crippen MR) is 107 cm³/mol. The quantitative estimate of drug-likeness (QED) is 0.507. The van der Waals surface area contributed by atoms with E-state index in [2.05, 4.69) is 80.0 Å². The second-order valence-electron chi connectivity index (χ2n) is 6.16. The summed E-state index contributed by atoms with van der Waals surface area (Å²) in [7, 11) is 1.81. The molecule has 1 N–H and O–H groups in total. The zero-order valence-corrected chi connectivity index (χ0v) is 15.8. The van der Waals surface area contributed by atoms with Gasteiger partial charge < -0.3 is 9.99 Å². The smallest absolute Gasteiger partial charge is 0.0540 e. The first-order chi connectivity index (χ1) is 11.6. The Morgan fingerprint density at radius 1 is 0.958 bits per heavy atom. The van der Waals surface area contributed by atoms with Crippen LogP contribution in [0.5, 0.6) is 0 Å². The van der Waals surface area contributed by atoms with Crippen LogP contribution in [0.3, 0.4) is 0 Å². The van der Waals surface area contributed by atoms with Crippen molar-refractivity contribution in [3.05, 3.63) is 47.0 Å². The normalized spacial score (nSPS) is 11.1. The molecule has 0 saturated heterocycles. The van der Waals surface area contributed by atoms with Crippen LogP contribution in [-0.4, -0.2) is 17.8 Å². The number of nitrogens with one attached hydrogen (secondary N) is 1. The van der Waals surface area contributed by atoms with E-state index in [1.165, 1.54) is 39.4 Å². The highest BCUT2D eigenvalue weighted by Gasteiger charge is 2.11. The molecule has 128 valence electrons. The first-order valence-electron chi connectivity index (χ1n) is 8.80. The number of benzene rings is 2. The maximum Gasteiger partial charge on any atom is 0.0540 e. The molecule has 0 spiro atoms. The largest absolute Gasteiger partial charge is 0.341 e. The van der Waals surface area contributed by atoms with Gasteiger partial charge in [0.05, 0.1) is 6.21 Å². The summed E-state index contributed by atoms with van der Waals surface area (Å²) in [5, 5.41) is 6.74. The van der Waals surface area contributed by atoms with Gasteiger partial charge in [0, 0.05) is 35.4 Å². The second kappa shape index (κ2) is 8.00. The third-order valence-corrected chi connectivity index (χ3v) is 4.16. The number of nitrogens with zero attached hydrogens (tertiary/aromatic N) is 2. The molecular formula is C21H29N3. The van der Waals surface area contributed by atoms with Gasteiger partial charge in [-0.3, -0.25) is 0 Å². The van der Waals surface area contributed by atoms with Gasteiger partial charge in [0.15, 0.2) is 0 Å². The molecule has 0 fully saturated rings. The summed E-state index contributed by atoms with van der Waals surface area (Å²) >= 11 is 0. The van der Waals surface area contributed by atoms with Crippen LogP contribution in [-0.2, 0) is 6.54 Å². The molecule has 0 amide bonds. The topological polar surface area (TPSA) is 29.3 Å². The third-order valence-electron chi connectivity index (χ3n) is 4.16. The average molecular weight is 323 g/mol. The molecule has 0 unspecified atom stereocenters. The molecule has 24 heavy (non-hydrogen) atoms. The van der Waals surface area contributed by atoms with Crippen molar-refractivity contribution in [1.82, 2.24) is 9.99 Å². The van der Waals surface area contributed by atoms with Crippen molar-refractivity contribution in [3.8, 4) is 0 Å². The maximum absolute atomic E-state index is 4.11. The summed E-state index contributed by atoms with van der Waals surface area (Å²) in [5.74, 6) is 0. The molecule has 0 aliphatic heterocycles. The first-order valence-corrected chi connectivity index (χ1v) is 8.80. The third kappa shape index (κ3) is 3.45. The number of rotatable bonds is 3. The summed E-state index contributed by atoms with van der Waals surface area (Å²) < 4.78 is 2.39. The van der Waals surface area contributed by atoms with Gasteiger partial charge in [0.2, 0.25) is 0 Å². The van der Waals surface area contributed by atoms with Crippen molar-refractivity contribution in [2.45, 2.75) is 47.6 Å². The predicted octanol–water partition coefficient (Wildman–Crippen LogP) is 5.40. The molecule has 3 heteroatoms. The standard InChI is InChI=1S/C18H21N3.C3H8/c1-5-21-17-7-6-14(11-20-19-4)10-16(17)15-8-12(2)13(3)9-18(15)21;1-3-2/h6-11,19H,5H2,1-4H3;3H2,1-2H3/b20-11+;. The lowest BCUT2D eigenvalue weighted by Gasteiger charge is -2.05. The van der Waals surface area contributed by atoms with Gasteiger partial charge in [0.25, 0.3) is 0 Å². The zero-order chi connectivity index (χ0) is 17.7. The second-order valence-corrected chi connectivity index (χ2v) is 6.16. The Labute approximate surface area is 145 Å². The Bertz CT molecular complexity index is 857. The summed E-state index contributed by atoms with van der Waals surface area (Å²) in [5.41, 5.74) is 9.21. The summed E-state index contributed by atoms with van der Waals surface area (Å²) in [6.45, 7) is 11.8. The van der Waals surface area contributed by atoms with Crippen LogP contribution in [0, 0.1) is 13.8 Å². The van der Waals surface area contributed by atoms with Gasteiger partial charge in [-0.1, -0.05) is 26.3 Å². The molecule has 1 heterocycles. The molecule has 0 aliphatic rings. The van der Waals surface area contributed by atoms with Crippen molar-refractivity contribution in [1.29, 1.82) is 0 Å². The fraction of sp³-hybridized carbons (Fsp3) is 0.381. The minimum absolute atomic E-state index is 0.979. The molecule has 3 nitrogen and oxygen atoms in total. The van der Waals surface area contributed by atoms with E-state index in [-0.39, 0.29) is 0 Å². The molecule has 0 radical (unpaired) electrons. The van der Waals surface area contributed by atoms with E-state index < -0.39 is 0 Å². The van der Waals surface area contributed by atoms with E-state index in [1.807, 2.05) is 13.3 Å². The highest BCUT2D eigenvalue weighted by molar-refractivity contribution is 6.10. The van der Waals surface area contributed by atoms with Gasteiger partial charge in [-0.2, -0.15) is 5.10 Å². The summed E-state index contributed by atoms with van der Waals surface area (Å²) in [4.78, 5) is 0. The van der Waals surface area contributed by atoms with E-state index in [9.17, 15) is 0 Å². The molecule has 2 aromatic carbocycles. The molecule has 0 saturated carbocycles. The first kappa shape index (κ1) is 18.1. The number of fused-ring (bicyclic) bond motifs is 3. The van der Waals surface area contributed by atoms with Crippen molar-refractivity contribution in [2.75, 3.05) is 7.05 Å². The van der Waals surface area contributed by atoms with Crippen LogP contribution in [0.25, 0.3) is 21.8 Å². The SMILES string of the molecule is CCC.CCn1c2ccc(/C=N/NC)cc2c2cc(C)c(C)cc21. The van der Waals surface area contributed by atoms with E-state index in [0.717, 1.165) is 12.1 Å². The van der Waals surface area contributed by atoms with Crippen LogP contribution in [0.1, 0.15) is 43.9 Å². The lowest BCUT2D eigenvalue weighted by atomic mass is 10.0. The highest BCUT2D eigenvalue weighted by Crippen LogP contribution is 2.31. The van der Waals surface area contributed by atoms with Crippen molar-refractivity contribution in [2.24, 2.45) is 5.10 Å². The average Bonchev–Trinajstić information content (AvgIpc) is 2.86. The number of aromatic nitrogens is 1. The Morgan fingerprint density at radius 2 is 1.58 bits per heavy atom. The Morgan fingerprint density at radius 3 is 2.21 bits per heavy atom. The van der Waals surface area contributed by atoms with Crippen LogP contribution in [0.2, 0.25) is 0 Å². The van der Waals surface area contributed by atoms with Crippen molar-refractivity contribution >= 4 is 28.0 Å². The van der Waals surface area contributed by atoms with Gasteiger partial charge >= 0.3 is 0 Å². The van der Waals surface area contributed by atoms with Crippen molar-refractivity contribution in [3.63, 3.8) is 0 Å². The lowest BCUT2D eigenvalue weighted by Crippen LogP contribution is -1.95. The maximum atomic E-state index is 4.11. The summed E-state index contributed by atoms with van der Waals surface area (Å²) in [6.07, 6.45) is 3.11. The zero-order valence-electron chi connectivity index (χ0n) is 15.8. The van der Waals surface area contributed by atoms with Crippen LogP contribution >= 0.6 is 0 Å². The molecule has 0 bridgehead atoms. The van der Waals surface area contributed by atoms with E-state index in [4.69, 9.17) is 0 Å². The summed E-state index contributed by atoms with van der Waals surface area (Å²) in [6, 6.07) is 11.1. The molecule has 0 aliphatic carbocycles. The van der Waals surface area contributed by atoms with Gasteiger partial charge in [0.1, 0.15) is 0 Å². The van der Waals surface area contributed by atoms with Crippen LogP contribution < -0.4 is 5.43 Å². The van der Waals surface area contributed by atoms with Crippen molar-refractivity contribution < 1.29 is 0 Å². The fourth-order valence-electron chi connectivity index (χ4n) is 2.93. The highest BCUT2D eigenvalue weighted by atomic mass is 15.3. The van der Waals surface area contributed by atoms with Gasteiger partial charge in [-0.25, -0.2) is 0 Å². The van der Waals surface area contributed by atoms with Gasteiger partial charge in [-0.15, -0.1) is 0 Å². The molecule has 3 rings (SSSR count).